The zero-order valence-electron chi connectivity index (χ0n) is 15.0. The molecular weight excluding hydrogens is 236 g/mol. The van der Waals surface area contributed by atoms with Crippen molar-refractivity contribution >= 4 is 0 Å². The van der Waals surface area contributed by atoms with Crippen molar-refractivity contribution < 1.29 is 13.4 Å². The molecule has 0 saturated carbocycles. The van der Waals surface area contributed by atoms with Gasteiger partial charge in [-0.25, -0.2) is 0 Å². The molecule has 0 saturated heterocycles. The van der Waals surface area contributed by atoms with Gasteiger partial charge < -0.3 is 13.4 Å². The van der Waals surface area contributed by atoms with E-state index in [1.165, 1.54) is 39.3 Å². The van der Waals surface area contributed by atoms with Crippen LogP contribution in [-0.4, -0.2) is 121 Å². The molecule has 0 aromatic carbocycles. The summed E-state index contributed by atoms with van der Waals surface area (Å²) in [5, 5.41) is 0. The molecule has 0 aromatic rings. The van der Waals surface area contributed by atoms with Crippen molar-refractivity contribution in [2.45, 2.75) is 0 Å². The zero-order valence-corrected chi connectivity index (χ0v) is 15.0. The Bertz CT molecular complexity index is 200. The van der Waals surface area contributed by atoms with E-state index in [1.807, 2.05) is 0 Å². The van der Waals surface area contributed by atoms with Gasteiger partial charge in [-0.05, 0) is 0 Å². The summed E-state index contributed by atoms with van der Waals surface area (Å²) in [4.78, 5) is 2.64. The largest absolute Gasteiger partial charge is 0.330 e. The van der Waals surface area contributed by atoms with E-state index in [-0.39, 0.29) is 0 Å². The van der Waals surface area contributed by atoms with Crippen LogP contribution in [0, 0.1) is 0 Å². The highest BCUT2D eigenvalue weighted by Gasteiger charge is 2.17. The Morgan fingerprint density at radius 3 is 0.842 bits per heavy atom. The van der Waals surface area contributed by atoms with E-state index in [1.54, 1.807) is 0 Å². The first-order valence-corrected chi connectivity index (χ1v) is 7.42. The Labute approximate surface area is 122 Å². The van der Waals surface area contributed by atoms with Crippen LogP contribution < -0.4 is 0 Å². The van der Waals surface area contributed by atoms with Gasteiger partial charge in [0.15, 0.2) is 0 Å². The number of hydrogen-bond acceptors (Lipinski definition) is 1. The molecule has 0 fully saturated rings. The highest BCUT2D eigenvalue weighted by molar-refractivity contribution is 4.57. The average Bonchev–Trinajstić information content (AvgIpc) is 2.11. The fourth-order valence-electron chi connectivity index (χ4n) is 1.66. The van der Waals surface area contributed by atoms with Gasteiger partial charge in [0, 0.05) is 19.6 Å². The van der Waals surface area contributed by atoms with E-state index in [0.29, 0.717) is 0 Å². The molecule has 0 bridgehead atoms. The number of hydrogen-bond donors (Lipinski definition) is 0. The van der Waals surface area contributed by atoms with Crippen LogP contribution >= 0.6 is 0 Å². The predicted octanol–water partition coefficient (Wildman–Crippen LogP) is 0.407. The SMILES string of the molecule is C[N+](C)(C)CCN(CC[N+](C)(C)C)CC[N+](C)(C)C. The molecule has 4 nitrogen and oxygen atoms in total. The monoisotopic (exact) mass is 275 g/mol. The number of quaternary nitrogens is 3. The minimum absolute atomic E-state index is 1.05. The second kappa shape index (κ2) is 7.02. The van der Waals surface area contributed by atoms with E-state index in [9.17, 15) is 0 Å². The van der Waals surface area contributed by atoms with Gasteiger partial charge in [0.05, 0.1) is 83.1 Å². The smallest absolute Gasteiger partial charge is 0.0909 e. The lowest BCUT2D eigenvalue weighted by Gasteiger charge is -2.33. The van der Waals surface area contributed by atoms with E-state index in [4.69, 9.17) is 0 Å². The molecule has 0 unspecified atom stereocenters. The van der Waals surface area contributed by atoms with Gasteiger partial charge in [-0.2, -0.15) is 0 Å². The fourth-order valence-corrected chi connectivity index (χ4v) is 1.66. The first-order valence-electron chi connectivity index (χ1n) is 7.42. The lowest BCUT2D eigenvalue weighted by Crippen LogP contribution is -2.49. The van der Waals surface area contributed by atoms with Crippen LogP contribution in [0.4, 0.5) is 0 Å². The van der Waals surface area contributed by atoms with Crippen molar-refractivity contribution in [3.05, 3.63) is 0 Å². The van der Waals surface area contributed by atoms with Gasteiger partial charge >= 0.3 is 0 Å². The molecule has 116 valence electrons. The Morgan fingerprint density at radius 1 is 0.474 bits per heavy atom. The van der Waals surface area contributed by atoms with Crippen LogP contribution in [-0.2, 0) is 0 Å². The maximum atomic E-state index is 2.64. The molecule has 0 amide bonds. The Morgan fingerprint density at radius 2 is 0.684 bits per heavy atom. The third kappa shape index (κ3) is 14.1. The van der Waals surface area contributed by atoms with Crippen molar-refractivity contribution in [3.8, 4) is 0 Å². The summed E-state index contributed by atoms with van der Waals surface area (Å²) in [5.41, 5.74) is 0. The molecule has 0 atom stereocenters. The zero-order chi connectivity index (χ0) is 15.3. The van der Waals surface area contributed by atoms with Crippen LogP contribution in [0.3, 0.4) is 0 Å². The predicted molar refractivity (Wildman–Crippen MR) is 85.1 cm³/mol. The molecule has 4 heteroatoms. The maximum Gasteiger partial charge on any atom is 0.0909 e. The third-order valence-corrected chi connectivity index (χ3v) is 3.26. The van der Waals surface area contributed by atoms with Crippen molar-refractivity contribution in [1.29, 1.82) is 0 Å². The average molecular weight is 276 g/mol. The Kier molecular flexibility index (Phi) is 6.96. The molecular formula is C15H39N4+3. The van der Waals surface area contributed by atoms with Crippen LogP contribution in [0.25, 0.3) is 0 Å². The van der Waals surface area contributed by atoms with Gasteiger partial charge in [-0.3, -0.25) is 4.90 Å². The first kappa shape index (κ1) is 18.8. The van der Waals surface area contributed by atoms with E-state index < -0.39 is 0 Å². The Hall–Kier alpha value is -0.160. The van der Waals surface area contributed by atoms with Gasteiger partial charge in [0.1, 0.15) is 0 Å². The van der Waals surface area contributed by atoms with E-state index in [0.717, 1.165) is 13.4 Å². The lowest BCUT2D eigenvalue weighted by molar-refractivity contribution is -0.875. The van der Waals surface area contributed by atoms with E-state index in [2.05, 4.69) is 68.3 Å². The third-order valence-electron chi connectivity index (χ3n) is 3.26. The second-order valence-electron chi connectivity index (χ2n) is 8.88. The highest BCUT2D eigenvalue weighted by atomic mass is 15.3. The molecule has 0 N–H and O–H groups in total. The van der Waals surface area contributed by atoms with Gasteiger partial charge in [-0.15, -0.1) is 0 Å². The molecule has 0 radical (unpaired) electrons. The number of nitrogens with zero attached hydrogens (tertiary/aromatic N) is 4. The summed E-state index contributed by atoms with van der Waals surface area (Å²) in [6.45, 7) is 7.24. The maximum absolute atomic E-state index is 2.64. The molecule has 0 aliphatic carbocycles. The summed E-state index contributed by atoms with van der Waals surface area (Å²) in [7, 11) is 20.5. The Balaban J connectivity index is 4.30. The standard InChI is InChI=1S/C15H39N4/c1-17(2,3)13-10-16(11-14-18(4,5)6)12-15-19(7,8)9/h10-15H2,1-9H3/q+3. The van der Waals surface area contributed by atoms with Gasteiger partial charge in [0.25, 0.3) is 0 Å². The molecule has 0 spiro atoms. The molecule has 0 aromatic heterocycles. The summed E-state index contributed by atoms with van der Waals surface area (Å²) >= 11 is 0. The first-order chi connectivity index (χ1) is 8.29. The summed E-state index contributed by atoms with van der Waals surface area (Å²) in [6, 6.07) is 0. The number of likely N-dealkylation sites (N-methyl/N-ethyl adjacent to an activating group) is 3. The van der Waals surface area contributed by atoms with Crippen molar-refractivity contribution in [2.75, 3.05) is 103 Å². The molecule has 0 aliphatic rings. The summed E-state index contributed by atoms with van der Waals surface area (Å²) in [6.07, 6.45) is 0. The molecule has 19 heavy (non-hydrogen) atoms. The quantitative estimate of drug-likeness (QED) is 0.551. The normalized spacial score (nSPS) is 14.2. The fraction of sp³-hybridized carbons (Fsp3) is 1.00. The summed E-state index contributed by atoms with van der Waals surface area (Å²) < 4.78 is 3.14. The molecule has 0 rings (SSSR count). The van der Waals surface area contributed by atoms with Gasteiger partial charge in [-0.1, -0.05) is 0 Å². The van der Waals surface area contributed by atoms with Crippen molar-refractivity contribution in [3.63, 3.8) is 0 Å². The highest BCUT2D eigenvalue weighted by Crippen LogP contribution is 2.00. The minimum Gasteiger partial charge on any atom is -0.330 e. The lowest BCUT2D eigenvalue weighted by atomic mass is 10.3. The molecule has 0 heterocycles. The van der Waals surface area contributed by atoms with Gasteiger partial charge in [0.2, 0.25) is 0 Å². The number of rotatable bonds is 9. The van der Waals surface area contributed by atoms with E-state index >= 15 is 0 Å². The van der Waals surface area contributed by atoms with Crippen LogP contribution in [0.2, 0.25) is 0 Å². The van der Waals surface area contributed by atoms with Crippen molar-refractivity contribution in [2.24, 2.45) is 0 Å². The topological polar surface area (TPSA) is 3.24 Å². The van der Waals surface area contributed by atoms with Crippen LogP contribution in [0.5, 0.6) is 0 Å². The minimum atomic E-state index is 1.05. The van der Waals surface area contributed by atoms with Crippen LogP contribution in [0.15, 0.2) is 0 Å². The molecule has 0 aliphatic heterocycles. The van der Waals surface area contributed by atoms with Crippen LogP contribution in [0.1, 0.15) is 0 Å². The van der Waals surface area contributed by atoms with Crippen molar-refractivity contribution in [1.82, 2.24) is 4.90 Å². The second-order valence-corrected chi connectivity index (χ2v) is 8.88. The summed E-state index contributed by atoms with van der Waals surface area (Å²) in [5.74, 6) is 0.